The van der Waals surface area contributed by atoms with E-state index in [4.69, 9.17) is 10.5 Å². The van der Waals surface area contributed by atoms with Gasteiger partial charge in [-0.2, -0.15) is 0 Å². The highest BCUT2D eigenvalue weighted by Gasteiger charge is 2.38. The molecule has 0 saturated carbocycles. The van der Waals surface area contributed by atoms with Crippen LogP contribution in [0.2, 0.25) is 0 Å². The van der Waals surface area contributed by atoms with Gasteiger partial charge in [-0.05, 0) is 43.7 Å². The largest absolute Gasteiger partial charge is 0.493 e. The molecule has 4 heteroatoms. The summed E-state index contributed by atoms with van der Waals surface area (Å²) in [6.07, 6.45) is 3.29. The van der Waals surface area contributed by atoms with Gasteiger partial charge in [-0.1, -0.05) is 19.9 Å². The van der Waals surface area contributed by atoms with E-state index in [1.807, 2.05) is 24.0 Å². The third-order valence-electron chi connectivity index (χ3n) is 4.80. The maximum Gasteiger partial charge on any atom is 0.259 e. The van der Waals surface area contributed by atoms with E-state index in [9.17, 15) is 4.79 Å². The maximum atomic E-state index is 12.8. The first-order chi connectivity index (χ1) is 10.1. The third kappa shape index (κ3) is 2.99. The molecule has 2 rings (SSSR count). The van der Waals surface area contributed by atoms with Crippen LogP contribution in [0.25, 0.3) is 0 Å². The lowest BCUT2D eigenvalue weighted by Crippen LogP contribution is -2.32. The number of hydrogen-bond acceptors (Lipinski definition) is 3. The molecule has 1 aliphatic heterocycles. The number of carbonyl (C=O) groups is 1. The number of rotatable bonds is 5. The summed E-state index contributed by atoms with van der Waals surface area (Å²) in [5.41, 5.74) is 7.31. The van der Waals surface area contributed by atoms with Crippen molar-refractivity contribution < 1.29 is 9.53 Å². The zero-order valence-electron chi connectivity index (χ0n) is 13.3. The zero-order chi connectivity index (χ0) is 15.5. The second-order valence-electron chi connectivity index (χ2n) is 5.84. The molecule has 1 aliphatic rings. The molecular weight excluding hydrogens is 264 g/mol. The Morgan fingerprint density at radius 3 is 2.62 bits per heavy atom. The fourth-order valence-electron chi connectivity index (χ4n) is 3.15. The molecule has 21 heavy (non-hydrogen) atoms. The predicted octanol–water partition coefficient (Wildman–Crippen LogP) is 3.32. The van der Waals surface area contributed by atoms with Gasteiger partial charge in [-0.15, -0.1) is 0 Å². The zero-order valence-corrected chi connectivity index (χ0v) is 13.3. The van der Waals surface area contributed by atoms with Gasteiger partial charge in [0.15, 0.2) is 0 Å². The standard InChI is InChI=1S/C17H26N2O2/c1-4-17(5-2)10-11-19(12-17)16(20)15-13(18)8-7-9-14(15)21-6-3/h7-9H,4-6,10-12,18H2,1-3H3. The highest BCUT2D eigenvalue weighted by molar-refractivity contribution is 6.02. The Bertz CT molecular complexity index is 510. The lowest BCUT2D eigenvalue weighted by molar-refractivity contribution is 0.0767. The normalized spacial score (nSPS) is 17.0. The Morgan fingerprint density at radius 2 is 2.05 bits per heavy atom. The smallest absolute Gasteiger partial charge is 0.259 e. The molecule has 0 radical (unpaired) electrons. The summed E-state index contributed by atoms with van der Waals surface area (Å²) in [6, 6.07) is 5.40. The summed E-state index contributed by atoms with van der Waals surface area (Å²) in [7, 11) is 0. The lowest BCUT2D eigenvalue weighted by atomic mass is 9.82. The molecular formula is C17H26N2O2. The number of nitrogen functional groups attached to an aromatic ring is 1. The van der Waals surface area contributed by atoms with Crippen LogP contribution >= 0.6 is 0 Å². The van der Waals surface area contributed by atoms with E-state index in [2.05, 4.69) is 13.8 Å². The minimum absolute atomic E-state index is 0.000301. The van der Waals surface area contributed by atoms with Crippen LogP contribution in [0.4, 0.5) is 5.69 Å². The number of carbonyl (C=O) groups excluding carboxylic acids is 1. The molecule has 1 heterocycles. The second-order valence-corrected chi connectivity index (χ2v) is 5.84. The Balaban J connectivity index is 2.25. The summed E-state index contributed by atoms with van der Waals surface area (Å²) >= 11 is 0. The van der Waals surface area contributed by atoms with Crippen molar-refractivity contribution in [2.45, 2.75) is 40.0 Å². The molecule has 1 saturated heterocycles. The number of amides is 1. The van der Waals surface area contributed by atoms with Crippen molar-refractivity contribution >= 4 is 11.6 Å². The SMILES string of the molecule is CCOc1cccc(N)c1C(=O)N1CCC(CC)(CC)C1. The number of anilines is 1. The van der Waals surface area contributed by atoms with E-state index in [1.165, 1.54) is 0 Å². The summed E-state index contributed by atoms with van der Waals surface area (Å²) in [4.78, 5) is 14.8. The molecule has 1 aromatic rings. The van der Waals surface area contributed by atoms with Crippen LogP contribution in [-0.4, -0.2) is 30.5 Å². The molecule has 0 unspecified atom stereocenters. The molecule has 1 fully saturated rings. The minimum Gasteiger partial charge on any atom is -0.493 e. The monoisotopic (exact) mass is 290 g/mol. The average Bonchev–Trinajstić information content (AvgIpc) is 2.92. The van der Waals surface area contributed by atoms with E-state index < -0.39 is 0 Å². The van der Waals surface area contributed by atoms with Crippen LogP contribution in [0.3, 0.4) is 0 Å². The Morgan fingerprint density at radius 1 is 1.33 bits per heavy atom. The number of likely N-dealkylation sites (tertiary alicyclic amines) is 1. The molecule has 2 N–H and O–H groups in total. The van der Waals surface area contributed by atoms with Crippen molar-refractivity contribution in [3.63, 3.8) is 0 Å². The summed E-state index contributed by atoms with van der Waals surface area (Å²) < 4.78 is 5.58. The minimum atomic E-state index is 0.000301. The summed E-state index contributed by atoms with van der Waals surface area (Å²) in [5.74, 6) is 0.591. The molecule has 0 aliphatic carbocycles. The van der Waals surface area contributed by atoms with Gasteiger partial charge < -0.3 is 15.4 Å². The van der Waals surface area contributed by atoms with Crippen molar-refractivity contribution in [3.05, 3.63) is 23.8 Å². The predicted molar refractivity (Wildman–Crippen MR) is 85.6 cm³/mol. The Kier molecular flexibility index (Phi) is 4.76. The van der Waals surface area contributed by atoms with Crippen molar-refractivity contribution in [1.29, 1.82) is 0 Å². The number of nitrogens with two attached hydrogens (primary N) is 1. The highest BCUT2D eigenvalue weighted by atomic mass is 16.5. The first kappa shape index (κ1) is 15.7. The Labute approximate surface area is 127 Å². The van der Waals surface area contributed by atoms with Gasteiger partial charge in [0, 0.05) is 18.8 Å². The third-order valence-corrected chi connectivity index (χ3v) is 4.80. The fraction of sp³-hybridized carbons (Fsp3) is 0.588. The number of benzene rings is 1. The van der Waals surface area contributed by atoms with Crippen LogP contribution in [0.5, 0.6) is 5.75 Å². The van der Waals surface area contributed by atoms with E-state index in [0.29, 0.717) is 23.6 Å². The van der Waals surface area contributed by atoms with Gasteiger partial charge in [-0.3, -0.25) is 4.79 Å². The molecule has 1 aromatic carbocycles. The topological polar surface area (TPSA) is 55.6 Å². The number of ether oxygens (including phenoxy) is 1. The van der Waals surface area contributed by atoms with Crippen molar-refractivity contribution in [3.8, 4) is 5.75 Å². The molecule has 0 aromatic heterocycles. The molecule has 116 valence electrons. The molecule has 4 nitrogen and oxygen atoms in total. The van der Waals surface area contributed by atoms with Gasteiger partial charge in [0.25, 0.3) is 5.91 Å². The summed E-state index contributed by atoms with van der Waals surface area (Å²) in [5, 5.41) is 0. The quantitative estimate of drug-likeness (QED) is 0.846. The second kappa shape index (κ2) is 6.37. The van der Waals surface area contributed by atoms with Crippen LogP contribution in [-0.2, 0) is 0 Å². The summed E-state index contributed by atoms with van der Waals surface area (Å²) in [6.45, 7) is 8.48. The first-order valence-electron chi connectivity index (χ1n) is 7.87. The van der Waals surface area contributed by atoms with E-state index >= 15 is 0 Å². The van der Waals surface area contributed by atoms with Gasteiger partial charge in [0.1, 0.15) is 11.3 Å². The van der Waals surface area contributed by atoms with Crippen molar-refractivity contribution in [2.75, 3.05) is 25.4 Å². The number of hydrogen-bond donors (Lipinski definition) is 1. The molecule has 0 atom stereocenters. The van der Waals surface area contributed by atoms with Crippen LogP contribution in [0.1, 0.15) is 50.4 Å². The van der Waals surface area contributed by atoms with Crippen LogP contribution < -0.4 is 10.5 Å². The fourth-order valence-corrected chi connectivity index (χ4v) is 3.15. The van der Waals surface area contributed by atoms with Crippen LogP contribution in [0.15, 0.2) is 18.2 Å². The molecule has 0 bridgehead atoms. The highest BCUT2D eigenvalue weighted by Crippen LogP contribution is 2.38. The van der Waals surface area contributed by atoms with Gasteiger partial charge in [0.2, 0.25) is 0 Å². The first-order valence-corrected chi connectivity index (χ1v) is 7.87. The van der Waals surface area contributed by atoms with Gasteiger partial charge >= 0.3 is 0 Å². The average molecular weight is 290 g/mol. The maximum absolute atomic E-state index is 12.8. The van der Waals surface area contributed by atoms with E-state index in [-0.39, 0.29) is 11.3 Å². The molecule has 1 amide bonds. The van der Waals surface area contributed by atoms with Crippen molar-refractivity contribution in [1.82, 2.24) is 4.90 Å². The van der Waals surface area contributed by atoms with Gasteiger partial charge in [-0.25, -0.2) is 0 Å². The van der Waals surface area contributed by atoms with Gasteiger partial charge in [0.05, 0.1) is 6.61 Å². The molecule has 0 spiro atoms. The Hall–Kier alpha value is -1.71. The van der Waals surface area contributed by atoms with E-state index in [0.717, 1.165) is 32.4 Å². The van der Waals surface area contributed by atoms with Crippen LogP contribution in [0, 0.1) is 5.41 Å². The van der Waals surface area contributed by atoms with E-state index in [1.54, 1.807) is 6.07 Å². The number of nitrogens with zero attached hydrogens (tertiary/aromatic N) is 1. The van der Waals surface area contributed by atoms with Crippen molar-refractivity contribution in [2.24, 2.45) is 5.41 Å². The lowest BCUT2D eigenvalue weighted by Gasteiger charge is -2.26.